The van der Waals surface area contributed by atoms with Crippen LogP contribution >= 0.6 is 11.3 Å². The van der Waals surface area contributed by atoms with Crippen molar-refractivity contribution in [2.75, 3.05) is 6.54 Å². The first-order chi connectivity index (χ1) is 8.38. The van der Waals surface area contributed by atoms with Crippen molar-refractivity contribution in [2.24, 2.45) is 0 Å². The average Bonchev–Trinajstić information content (AvgIpc) is 2.78. The summed E-state index contributed by atoms with van der Waals surface area (Å²) in [6.45, 7) is 4.04. The van der Waals surface area contributed by atoms with Gasteiger partial charge < -0.3 is 5.32 Å². The van der Waals surface area contributed by atoms with Crippen LogP contribution < -0.4 is 5.32 Å². The lowest BCUT2D eigenvalue weighted by molar-refractivity contribution is 0.395. The molecule has 3 rings (SSSR count). The summed E-state index contributed by atoms with van der Waals surface area (Å²) < 4.78 is 1.94. The Labute approximate surface area is 104 Å². The molecular weight excluding hydrogens is 234 g/mol. The largest absolute Gasteiger partial charge is 0.310 e. The Hall–Kier alpha value is -1.01. The van der Waals surface area contributed by atoms with Crippen LogP contribution in [0, 0.1) is 0 Å². The zero-order valence-electron chi connectivity index (χ0n) is 10.0. The molecule has 1 aliphatic rings. The molecule has 92 valence electrons. The third kappa shape index (κ3) is 2.07. The monoisotopic (exact) mass is 251 g/mol. The van der Waals surface area contributed by atoms with Crippen LogP contribution in [-0.4, -0.2) is 26.4 Å². The lowest BCUT2D eigenvalue weighted by Crippen LogP contribution is -2.15. The quantitative estimate of drug-likeness (QED) is 0.825. The fraction of sp³-hybridized carbons (Fsp3) is 0.727. The van der Waals surface area contributed by atoms with Crippen molar-refractivity contribution in [1.29, 1.82) is 0 Å². The van der Waals surface area contributed by atoms with E-state index in [1.165, 1.54) is 19.3 Å². The summed E-state index contributed by atoms with van der Waals surface area (Å²) in [5.74, 6) is 1.65. The summed E-state index contributed by atoms with van der Waals surface area (Å²) in [4.78, 5) is 0.931. The van der Waals surface area contributed by atoms with E-state index >= 15 is 0 Å². The minimum Gasteiger partial charge on any atom is -0.310 e. The number of aromatic nitrogens is 4. The first-order valence-electron chi connectivity index (χ1n) is 6.30. The molecule has 0 radical (unpaired) electrons. The highest BCUT2D eigenvalue weighted by atomic mass is 32.1. The lowest BCUT2D eigenvalue weighted by Gasteiger charge is -2.22. The molecular formula is C11H17N5S. The van der Waals surface area contributed by atoms with E-state index in [-0.39, 0.29) is 0 Å². The van der Waals surface area contributed by atoms with Crippen LogP contribution in [0.25, 0.3) is 4.96 Å². The Bertz CT molecular complexity index is 499. The molecule has 17 heavy (non-hydrogen) atoms. The van der Waals surface area contributed by atoms with Crippen LogP contribution in [0.2, 0.25) is 0 Å². The first-order valence-corrected chi connectivity index (χ1v) is 7.12. The maximum absolute atomic E-state index is 4.60. The molecule has 0 aromatic carbocycles. The zero-order valence-corrected chi connectivity index (χ0v) is 10.8. The minimum atomic E-state index is 0.587. The molecule has 0 saturated heterocycles. The van der Waals surface area contributed by atoms with E-state index in [4.69, 9.17) is 0 Å². The second-order valence-corrected chi connectivity index (χ2v) is 5.59. The molecule has 0 spiro atoms. The lowest BCUT2D eigenvalue weighted by atomic mass is 9.85. The van der Waals surface area contributed by atoms with E-state index in [2.05, 4.69) is 27.5 Å². The molecule has 1 N–H and O–H groups in total. The number of nitrogens with zero attached hydrogens (tertiary/aromatic N) is 4. The molecule has 5 nitrogen and oxygen atoms in total. The van der Waals surface area contributed by atoms with Gasteiger partial charge in [-0.15, -0.1) is 10.2 Å². The van der Waals surface area contributed by atoms with E-state index in [1.807, 2.05) is 4.52 Å². The summed E-state index contributed by atoms with van der Waals surface area (Å²) in [6.07, 6.45) is 4.94. The summed E-state index contributed by atoms with van der Waals surface area (Å²) >= 11 is 1.64. The summed E-state index contributed by atoms with van der Waals surface area (Å²) in [6, 6.07) is 0. The molecule has 0 bridgehead atoms. The van der Waals surface area contributed by atoms with Crippen molar-refractivity contribution in [3.05, 3.63) is 10.8 Å². The molecule has 0 aliphatic heterocycles. The van der Waals surface area contributed by atoms with Gasteiger partial charge in [-0.3, -0.25) is 0 Å². The van der Waals surface area contributed by atoms with E-state index in [0.717, 1.165) is 35.3 Å². The van der Waals surface area contributed by atoms with Gasteiger partial charge >= 0.3 is 0 Å². The zero-order chi connectivity index (χ0) is 11.7. The smallest absolute Gasteiger partial charge is 0.234 e. The Morgan fingerprint density at radius 1 is 1.41 bits per heavy atom. The number of rotatable bonds is 5. The van der Waals surface area contributed by atoms with Crippen LogP contribution in [0.4, 0.5) is 0 Å². The summed E-state index contributed by atoms with van der Waals surface area (Å²) in [7, 11) is 0. The fourth-order valence-corrected chi connectivity index (χ4v) is 2.85. The van der Waals surface area contributed by atoms with Gasteiger partial charge in [-0.25, -0.2) is 0 Å². The Balaban J connectivity index is 1.78. The molecule has 1 saturated carbocycles. The van der Waals surface area contributed by atoms with Crippen molar-refractivity contribution >= 4 is 16.3 Å². The summed E-state index contributed by atoms with van der Waals surface area (Å²) in [5.41, 5.74) is 0. The highest BCUT2D eigenvalue weighted by Crippen LogP contribution is 2.35. The van der Waals surface area contributed by atoms with Crippen LogP contribution in [0.1, 0.15) is 49.4 Å². The van der Waals surface area contributed by atoms with Crippen LogP contribution in [0.15, 0.2) is 0 Å². The molecule has 2 heterocycles. The van der Waals surface area contributed by atoms with Gasteiger partial charge in [-0.05, 0) is 25.8 Å². The van der Waals surface area contributed by atoms with Crippen LogP contribution in [-0.2, 0) is 6.54 Å². The average molecular weight is 251 g/mol. The van der Waals surface area contributed by atoms with Gasteiger partial charge in [0.1, 0.15) is 5.01 Å². The van der Waals surface area contributed by atoms with Gasteiger partial charge in [-0.1, -0.05) is 24.7 Å². The van der Waals surface area contributed by atoms with Gasteiger partial charge in [0.05, 0.1) is 0 Å². The van der Waals surface area contributed by atoms with Crippen LogP contribution in [0.5, 0.6) is 0 Å². The second-order valence-electron chi connectivity index (χ2n) is 4.55. The number of hydrogen-bond acceptors (Lipinski definition) is 5. The summed E-state index contributed by atoms with van der Waals surface area (Å²) in [5, 5.41) is 17.5. The second kappa shape index (κ2) is 4.70. The fourth-order valence-electron chi connectivity index (χ4n) is 2.04. The molecule has 1 aliphatic carbocycles. The minimum absolute atomic E-state index is 0.587. The highest BCUT2D eigenvalue weighted by molar-refractivity contribution is 7.16. The topological polar surface area (TPSA) is 55.1 Å². The molecule has 0 amide bonds. The van der Waals surface area contributed by atoms with Crippen molar-refractivity contribution < 1.29 is 0 Å². The van der Waals surface area contributed by atoms with Gasteiger partial charge in [0.15, 0.2) is 5.82 Å². The molecule has 0 unspecified atom stereocenters. The maximum Gasteiger partial charge on any atom is 0.234 e. The maximum atomic E-state index is 4.60. The first kappa shape index (κ1) is 11.1. The van der Waals surface area contributed by atoms with Crippen molar-refractivity contribution in [2.45, 2.75) is 45.1 Å². The highest BCUT2D eigenvalue weighted by Gasteiger charge is 2.26. The van der Waals surface area contributed by atoms with E-state index in [9.17, 15) is 0 Å². The SMILES string of the molecule is CCCNCc1nn2c(C3CCC3)nnc2s1. The van der Waals surface area contributed by atoms with E-state index in [1.54, 1.807) is 11.3 Å². The molecule has 6 heteroatoms. The molecule has 2 aromatic heterocycles. The van der Waals surface area contributed by atoms with Gasteiger partial charge in [0.2, 0.25) is 4.96 Å². The Morgan fingerprint density at radius 2 is 2.29 bits per heavy atom. The van der Waals surface area contributed by atoms with Crippen molar-refractivity contribution in [1.82, 2.24) is 25.1 Å². The number of nitrogens with one attached hydrogen (secondary N) is 1. The van der Waals surface area contributed by atoms with Gasteiger partial charge in [0, 0.05) is 12.5 Å². The van der Waals surface area contributed by atoms with Crippen LogP contribution in [0.3, 0.4) is 0 Å². The van der Waals surface area contributed by atoms with E-state index < -0.39 is 0 Å². The van der Waals surface area contributed by atoms with Crippen molar-refractivity contribution in [3.8, 4) is 0 Å². The Morgan fingerprint density at radius 3 is 3.00 bits per heavy atom. The third-order valence-electron chi connectivity index (χ3n) is 3.23. The van der Waals surface area contributed by atoms with Gasteiger partial charge in [-0.2, -0.15) is 9.61 Å². The van der Waals surface area contributed by atoms with Gasteiger partial charge in [0.25, 0.3) is 0 Å². The predicted molar refractivity (Wildman–Crippen MR) is 67.2 cm³/mol. The standard InChI is InChI=1S/C11H17N5S/c1-2-6-12-7-9-15-16-10(8-4-3-5-8)13-14-11(16)17-9/h8,12H,2-7H2,1H3. The molecule has 2 aromatic rings. The molecule has 1 fully saturated rings. The predicted octanol–water partition coefficient (Wildman–Crippen LogP) is 1.95. The number of hydrogen-bond donors (Lipinski definition) is 1. The van der Waals surface area contributed by atoms with Crippen molar-refractivity contribution in [3.63, 3.8) is 0 Å². The Kier molecular flexibility index (Phi) is 3.07. The van der Waals surface area contributed by atoms with E-state index in [0.29, 0.717) is 5.92 Å². The third-order valence-corrected chi connectivity index (χ3v) is 4.13. The number of fused-ring (bicyclic) bond motifs is 1. The molecule has 0 atom stereocenters. The normalized spacial score (nSPS) is 16.5.